The zero-order valence-corrected chi connectivity index (χ0v) is 17.2. The molecule has 1 saturated heterocycles. The van der Waals surface area contributed by atoms with E-state index >= 15 is 4.39 Å². The summed E-state index contributed by atoms with van der Waals surface area (Å²) in [6.07, 6.45) is 1.98. The van der Waals surface area contributed by atoms with Crippen molar-refractivity contribution < 1.29 is 18.2 Å². The molecule has 0 aliphatic carbocycles. The molecule has 1 rings (SSSR count). The summed E-state index contributed by atoms with van der Waals surface area (Å²) in [5, 5.41) is 8.79. The summed E-state index contributed by atoms with van der Waals surface area (Å²) in [7, 11) is -1.42. The van der Waals surface area contributed by atoms with E-state index in [-0.39, 0.29) is 12.0 Å². The first-order chi connectivity index (χ1) is 11.9. The lowest BCUT2D eigenvalue weighted by Crippen LogP contribution is -2.55. The van der Waals surface area contributed by atoms with Gasteiger partial charge in [0.2, 0.25) is 0 Å². The van der Waals surface area contributed by atoms with Crippen molar-refractivity contribution >= 4 is 8.53 Å². The molecule has 0 amide bonds. The molecule has 0 aromatic rings. The number of rotatable bonds is 11. The van der Waals surface area contributed by atoms with Crippen LogP contribution < -0.4 is 0 Å². The average molecular weight is 376 g/mol. The van der Waals surface area contributed by atoms with E-state index in [1.165, 1.54) is 0 Å². The molecule has 0 spiro atoms. The zero-order chi connectivity index (χ0) is 18.9. The van der Waals surface area contributed by atoms with E-state index in [4.69, 9.17) is 19.0 Å². The summed E-state index contributed by atoms with van der Waals surface area (Å²) < 4.78 is 35.6. The van der Waals surface area contributed by atoms with Gasteiger partial charge < -0.3 is 13.8 Å². The maximum atomic E-state index is 15.4. The van der Waals surface area contributed by atoms with Gasteiger partial charge in [-0.2, -0.15) is 5.26 Å². The van der Waals surface area contributed by atoms with Crippen molar-refractivity contribution in [1.29, 1.82) is 5.26 Å². The van der Waals surface area contributed by atoms with Crippen molar-refractivity contribution in [2.24, 2.45) is 5.92 Å². The summed E-state index contributed by atoms with van der Waals surface area (Å²) in [6, 6.07) is 2.09. The van der Waals surface area contributed by atoms with Gasteiger partial charge in [0.25, 0.3) is 8.53 Å². The molecule has 7 heteroatoms. The molecule has 5 atom stereocenters. The van der Waals surface area contributed by atoms with E-state index in [1.54, 1.807) is 6.92 Å². The van der Waals surface area contributed by atoms with Crippen LogP contribution in [-0.2, 0) is 13.8 Å². The van der Waals surface area contributed by atoms with Gasteiger partial charge in [0.05, 0.1) is 31.8 Å². The van der Waals surface area contributed by atoms with Gasteiger partial charge in [-0.25, -0.2) is 9.06 Å². The van der Waals surface area contributed by atoms with Gasteiger partial charge in [-0.05, 0) is 26.2 Å². The highest BCUT2D eigenvalue weighted by Crippen LogP contribution is 2.49. The maximum absolute atomic E-state index is 15.4. The highest BCUT2D eigenvalue weighted by atomic mass is 31.2. The SMILES string of the molecule is CCCN(CCC)P(OCCC#N)OC1[C@@H](CC)OC[C@@H](C)[C@]1(C)F. The molecule has 1 fully saturated rings. The number of nitriles is 1. The van der Waals surface area contributed by atoms with Gasteiger partial charge in [0, 0.05) is 19.0 Å². The topological polar surface area (TPSA) is 54.7 Å². The fourth-order valence-corrected chi connectivity index (χ4v) is 4.77. The Hall–Kier alpha value is -0.310. The molecule has 0 saturated carbocycles. The predicted molar refractivity (Wildman–Crippen MR) is 98.8 cm³/mol. The van der Waals surface area contributed by atoms with E-state index in [0.717, 1.165) is 25.9 Å². The summed E-state index contributed by atoms with van der Waals surface area (Å²) in [4.78, 5) is 0. The molecule has 0 bridgehead atoms. The molecule has 25 heavy (non-hydrogen) atoms. The standard InChI is InChI=1S/C18H34FN2O3P/c1-6-11-21(12-7-2)25(23-13-9-10-20)24-17-16(8-3)22-14-15(4)18(17,5)19/h15-17H,6-9,11-14H2,1-5H3/t15-,16-,17?,18+,25?/m1/s1. The Bertz CT molecular complexity index is 414. The molecule has 5 nitrogen and oxygen atoms in total. The Morgan fingerprint density at radius 2 is 1.96 bits per heavy atom. The van der Waals surface area contributed by atoms with Crippen molar-refractivity contribution in [2.45, 2.75) is 78.2 Å². The van der Waals surface area contributed by atoms with Crippen molar-refractivity contribution in [3.05, 3.63) is 0 Å². The average Bonchev–Trinajstić information content (AvgIpc) is 2.58. The van der Waals surface area contributed by atoms with Crippen molar-refractivity contribution in [3.8, 4) is 6.07 Å². The third kappa shape index (κ3) is 6.41. The van der Waals surface area contributed by atoms with Crippen LogP contribution in [0.3, 0.4) is 0 Å². The highest BCUT2D eigenvalue weighted by molar-refractivity contribution is 7.44. The van der Waals surface area contributed by atoms with Crippen LogP contribution >= 0.6 is 8.53 Å². The molecule has 1 aliphatic heterocycles. The van der Waals surface area contributed by atoms with Crippen LogP contribution in [0.25, 0.3) is 0 Å². The number of ether oxygens (including phenoxy) is 1. The summed E-state index contributed by atoms with van der Waals surface area (Å²) >= 11 is 0. The van der Waals surface area contributed by atoms with Gasteiger partial charge in [-0.1, -0.05) is 27.7 Å². The molecule has 0 radical (unpaired) electrons. The second kappa shape index (κ2) is 11.4. The normalized spacial score (nSPS) is 31.0. The van der Waals surface area contributed by atoms with Crippen LogP contribution in [0.2, 0.25) is 0 Å². The first kappa shape index (κ1) is 22.7. The van der Waals surface area contributed by atoms with Crippen LogP contribution in [0, 0.1) is 17.2 Å². The van der Waals surface area contributed by atoms with Crippen molar-refractivity contribution in [2.75, 3.05) is 26.3 Å². The minimum Gasteiger partial charge on any atom is -0.375 e. The lowest BCUT2D eigenvalue weighted by Gasteiger charge is -2.45. The molecular formula is C18H34FN2O3P. The van der Waals surface area contributed by atoms with E-state index in [0.29, 0.717) is 26.1 Å². The number of hydrogen-bond acceptors (Lipinski definition) is 5. The van der Waals surface area contributed by atoms with Gasteiger partial charge >= 0.3 is 0 Å². The molecule has 1 heterocycles. The fraction of sp³-hybridized carbons (Fsp3) is 0.944. The predicted octanol–water partition coefficient (Wildman–Crippen LogP) is 4.82. The Kier molecular flexibility index (Phi) is 10.4. The Morgan fingerprint density at radius 3 is 2.48 bits per heavy atom. The van der Waals surface area contributed by atoms with Crippen LogP contribution in [0.1, 0.15) is 60.3 Å². The van der Waals surface area contributed by atoms with E-state index in [2.05, 4.69) is 24.6 Å². The lowest BCUT2D eigenvalue weighted by molar-refractivity contribution is -0.170. The minimum absolute atomic E-state index is 0.234. The van der Waals surface area contributed by atoms with Crippen LogP contribution in [0.4, 0.5) is 4.39 Å². The van der Waals surface area contributed by atoms with Crippen LogP contribution in [-0.4, -0.2) is 48.9 Å². The van der Waals surface area contributed by atoms with Gasteiger partial charge in [0.15, 0.2) is 0 Å². The van der Waals surface area contributed by atoms with Crippen molar-refractivity contribution in [1.82, 2.24) is 4.67 Å². The number of hydrogen-bond donors (Lipinski definition) is 0. The van der Waals surface area contributed by atoms with Gasteiger partial charge in [-0.3, -0.25) is 0 Å². The lowest BCUT2D eigenvalue weighted by atomic mass is 9.82. The molecule has 1 aliphatic rings. The first-order valence-corrected chi connectivity index (χ1v) is 10.6. The van der Waals surface area contributed by atoms with Gasteiger partial charge in [-0.15, -0.1) is 0 Å². The Balaban J connectivity index is 2.96. The second-order valence-electron chi connectivity index (χ2n) is 6.79. The highest BCUT2D eigenvalue weighted by Gasteiger charge is 2.50. The number of halogens is 1. The third-order valence-corrected chi connectivity index (χ3v) is 6.31. The largest absolute Gasteiger partial charge is 0.375 e. The quantitative estimate of drug-likeness (QED) is 0.382. The zero-order valence-electron chi connectivity index (χ0n) is 16.3. The van der Waals surface area contributed by atoms with E-state index < -0.39 is 20.3 Å². The summed E-state index contributed by atoms with van der Waals surface area (Å²) in [5.74, 6) is -0.234. The summed E-state index contributed by atoms with van der Waals surface area (Å²) in [5.41, 5.74) is -1.47. The summed E-state index contributed by atoms with van der Waals surface area (Å²) in [6.45, 7) is 12.0. The molecule has 2 unspecified atom stereocenters. The van der Waals surface area contributed by atoms with Crippen LogP contribution in [0.15, 0.2) is 0 Å². The van der Waals surface area contributed by atoms with Crippen molar-refractivity contribution in [3.63, 3.8) is 0 Å². The van der Waals surface area contributed by atoms with Crippen LogP contribution in [0.5, 0.6) is 0 Å². The smallest absolute Gasteiger partial charge is 0.259 e. The maximum Gasteiger partial charge on any atom is 0.259 e. The minimum atomic E-state index is -1.47. The fourth-order valence-electron chi connectivity index (χ4n) is 2.90. The molecule has 146 valence electrons. The number of nitrogens with zero attached hydrogens (tertiary/aromatic N) is 2. The number of alkyl halides is 1. The van der Waals surface area contributed by atoms with E-state index in [1.807, 2.05) is 13.8 Å². The molecule has 0 aromatic carbocycles. The Morgan fingerprint density at radius 1 is 1.32 bits per heavy atom. The molecule has 0 aromatic heterocycles. The molecular weight excluding hydrogens is 342 g/mol. The van der Waals surface area contributed by atoms with E-state index in [9.17, 15) is 0 Å². The third-order valence-electron chi connectivity index (χ3n) is 4.63. The van der Waals surface area contributed by atoms with Gasteiger partial charge in [0.1, 0.15) is 11.8 Å². The molecule has 0 N–H and O–H groups in total. The Labute approximate surface area is 153 Å². The first-order valence-electron chi connectivity index (χ1n) is 9.44. The monoisotopic (exact) mass is 376 g/mol. The second-order valence-corrected chi connectivity index (χ2v) is 8.30.